The van der Waals surface area contributed by atoms with Gasteiger partial charge in [-0.25, -0.2) is 9.59 Å². The Labute approximate surface area is 165 Å². The van der Waals surface area contributed by atoms with Crippen LogP contribution in [0.4, 0.5) is 4.79 Å². The van der Waals surface area contributed by atoms with Gasteiger partial charge in [0.2, 0.25) is 0 Å². The summed E-state index contributed by atoms with van der Waals surface area (Å²) in [6.45, 7) is 2.31. The SMILES string of the molecule is CCCCOC(=O)NC(Cc1ccc(-c2ccccc2C#N)cc1)C(=O)OC. The Bertz CT molecular complexity index is 840. The molecule has 1 N–H and O–H groups in total. The van der Waals surface area contributed by atoms with Crippen LogP contribution in [0.25, 0.3) is 11.1 Å². The molecular weight excluding hydrogens is 356 g/mol. The monoisotopic (exact) mass is 380 g/mol. The molecule has 0 radical (unpaired) electrons. The van der Waals surface area contributed by atoms with E-state index in [-0.39, 0.29) is 6.42 Å². The summed E-state index contributed by atoms with van der Waals surface area (Å²) in [5.41, 5.74) is 3.20. The summed E-state index contributed by atoms with van der Waals surface area (Å²) in [4.78, 5) is 23.9. The van der Waals surface area contributed by atoms with Gasteiger partial charge in [0, 0.05) is 6.42 Å². The van der Waals surface area contributed by atoms with Gasteiger partial charge in [-0.2, -0.15) is 5.26 Å². The second-order valence-electron chi connectivity index (χ2n) is 6.27. The predicted octanol–water partition coefficient (Wildman–Crippen LogP) is 3.84. The van der Waals surface area contributed by atoms with Gasteiger partial charge < -0.3 is 14.8 Å². The number of esters is 1. The minimum absolute atomic E-state index is 0.274. The molecule has 6 heteroatoms. The van der Waals surface area contributed by atoms with Gasteiger partial charge in [-0.15, -0.1) is 0 Å². The Morgan fingerprint density at radius 1 is 1.14 bits per heavy atom. The number of alkyl carbamates (subject to hydrolysis) is 1. The highest BCUT2D eigenvalue weighted by atomic mass is 16.6. The zero-order valence-corrected chi connectivity index (χ0v) is 16.1. The molecule has 2 aromatic rings. The fraction of sp³-hybridized carbons (Fsp3) is 0.318. The van der Waals surface area contributed by atoms with Gasteiger partial charge in [-0.05, 0) is 29.2 Å². The van der Waals surface area contributed by atoms with Crippen LogP contribution in [0.1, 0.15) is 30.9 Å². The van der Waals surface area contributed by atoms with Crippen molar-refractivity contribution in [2.45, 2.75) is 32.2 Å². The Morgan fingerprint density at radius 3 is 2.50 bits per heavy atom. The lowest BCUT2D eigenvalue weighted by Gasteiger charge is -2.17. The van der Waals surface area contributed by atoms with Crippen LogP contribution in [0.15, 0.2) is 48.5 Å². The third-order valence-corrected chi connectivity index (χ3v) is 4.26. The van der Waals surface area contributed by atoms with Gasteiger partial charge in [0.15, 0.2) is 0 Å². The first-order chi connectivity index (χ1) is 13.6. The normalized spacial score (nSPS) is 11.2. The lowest BCUT2D eigenvalue weighted by Crippen LogP contribution is -2.43. The molecule has 0 fully saturated rings. The average molecular weight is 380 g/mol. The summed E-state index contributed by atoms with van der Waals surface area (Å²) in [7, 11) is 1.28. The number of rotatable bonds is 8. The van der Waals surface area contributed by atoms with Crippen molar-refractivity contribution in [1.82, 2.24) is 5.32 Å². The molecule has 2 aromatic carbocycles. The van der Waals surface area contributed by atoms with E-state index in [0.29, 0.717) is 12.2 Å². The minimum Gasteiger partial charge on any atom is -0.467 e. The topological polar surface area (TPSA) is 88.4 Å². The number of benzene rings is 2. The van der Waals surface area contributed by atoms with Crippen LogP contribution in [0, 0.1) is 11.3 Å². The zero-order chi connectivity index (χ0) is 20.4. The molecule has 1 amide bonds. The molecule has 28 heavy (non-hydrogen) atoms. The van der Waals surface area contributed by atoms with Gasteiger partial charge >= 0.3 is 12.1 Å². The number of unbranched alkanes of at least 4 members (excludes halogenated alkanes) is 1. The fourth-order valence-electron chi connectivity index (χ4n) is 2.72. The number of methoxy groups -OCH3 is 1. The van der Waals surface area contributed by atoms with Gasteiger partial charge in [0.25, 0.3) is 0 Å². The summed E-state index contributed by atoms with van der Waals surface area (Å²) in [6, 6.07) is 16.2. The summed E-state index contributed by atoms with van der Waals surface area (Å²) in [5.74, 6) is -0.536. The summed E-state index contributed by atoms with van der Waals surface area (Å²) in [6.07, 6.45) is 1.32. The van der Waals surface area contributed by atoms with Crippen molar-refractivity contribution in [3.8, 4) is 17.2 Å². The first kappa shape index (κ1) is 21.0. The molecule has 0 aromatic heterocycles. The highest BCUT2D eigenvalue weighted by Gasteiger charge is 2.22. The van der Waals surface area contributed by atoms with Gasteiger partial charge in [-0.3, -0.25) is 0 Å². The molecule has 0 aliphatic rings. The van der Waals surface area contributed by atoms with Gasteiger partial charge in [0.05, 0.1) is 25.3 Å². The Kier molecular flexibility index (Phi) is 8.04. The van der Waals surface area contributed by atoms with Crippen LogP contribution >= 0.6 is 0 Å². The second kappa shape index (κ2) is 10.7. The molecule has 6 nitrogen and oxygen atoms in total. The van der Waals surface area contributed by atoms with E-state index in [2.05, 4.69) is 11.4 Å². The minimum atomic E-state index is -0.837. The molecule has 2 rings (SSSR count). The number of nitriles is 1. The number of hydrogen-bond donors (Lipinski definition) is 1. The summed E-state index contributed by atoms with van der Waals surface area (Å²) < 4.78 is 9.85. The lowest BCUT2D eigenvalue weighted by atomic mass is 9.97. The highest BCUT2D eigenvalue weighted by Crippen LogP contribution is 2.23. The van der Waals surface area contributed by atoms with E-state index in [1.807, 2.05) is 49.4 Å². The standard InChI is InChI=1S/C22H24N2O4/c1-3-4-13-28-22(26)24-20(21(25)27-2)14-16-9-11-17(12-10-16)19-8-6-5-7-18(19)15-23/h5-12,20H,3-4,13-14H2,1-2H3,(H,24,26). The number of carbonyl (C=O) groups is 2. The number of hydrogen-bond acceptors (Lipinski definition) is 5. The van der Waals surface area contributed by atoms with E-state index in [1.165, 1.54) is 7.11 Å². The predicted molar refractivity (Wildman–Crippen MR) is 105 cm³/mol. The quantitative estimate of drug-likeness (QED) is 0.555. The maximum atomic E-state index is 12.0. The number of carbonyl (C=O) groups excluding carboxylic acids is 2. The summed E-state index contributed by atoms with van der Waals surface area (Å²) >= 11 is 0. The molecule has 0 heterocycles. The first-order valence-electron chi connectivity index (χ1n) is 9.18. The van der Waals surface area contributed by atoms with Crippen LogP contribution in [0.5, 0.6) is 0 Å². The first-order valence-corrected chi connectivity index (χ1v) is 9.18. The Morgan fingerprint density at radius 2 is 1.86 bits per heavy atom. The molecular formula is C22H24N2O4. The molecule has 0 spiro atoms. The van der Waals surface area contributed by atoms with E-state index < -0.39 is 18.1 Å². The Balaban J connectivity index is 2.09. The smallest absolute Gasteiger partial charge is 0.407 e. The van der Waals surface area contributed by atoms with Gasteiger partial charge in [-0.1, -0.05) is 55.8 Å². The van der Waals surface area contributed by atoms with E-state index in [0.717, 1.165) is 29.5 Å². The summed E-state index contributed by atoms with van der Waals surface area (Å²) in [5, 5.41) is 11.8. The molecule has 1 unspecified atom stereocenters. The Hall–Kier alpha value is -3.33. The zero-order valence-electron chi connectivity index (χ0n) is 16.1. The van der Waals surface area contributed by atoms with Gasteiger partial charge in [0.1, 0.15) is 6.04 Å². The molecule has 1 atom stereocenters. The fourth-order valence-corrected chi connectivity index (χ4v) is 2.72. The van der Waals surface area contributed by atoms with Crippen LogP contribution in [-0.2, 0) is 20.7 Å². The van der Waals surface area contributed by atoms with Crippen molar-refractivity contribution in [1.29, 1.82) is 5.26 Å². The van der Waals surface area contributed by atoms with Crippen LogP contribution in [-0.4, -0.2) is 31.8 Å². The molecule has 0 aliphatic heterocycles. The number of amides is 1. The molecule has 0 bridgehead atoms. The lowest BCUT2D eigenvalue weighted by molar-refractivity contribution is -0.142. The van der Waals surface area contributed by atoms with Crippen LogP contribution in [0.3, 0.4) is 0 Å². The van der Waals surface area contributed by atoms with Crippen molar-refractivity contribution in [2.75, 3.05) is 13.7 Å². The van der Waals surface area contributed by atoms with E-state index in [1.54, 1.807) is 6.07 Å². The third-order valence-electron chi connectivity index (χ3n) is 4.26. The number of nitrogens with zero attached hydrogens (tertiary/aromatic N) is 1. The molecule has 0 aliphatic carbocycles. The highest BCUT2D eigenvalue weighted by molar-refractivity contribution is 5.81. The second-order valence-corrected chi connectivity index (χ2v) is 6.27. The maximum absolute atomic E-state index is 12.0. The molecule has 0 saturated heterocycles. The average Bonchev–Trinajstić information content (AvgIpc) is 2.73. The maximum Gasteiger partial charge on any atom is 0.407 e. The van der Waals surface area contributed by atoms with Crippen molar-refractivity contribution in [3.05, 3.63) is 59.7 Å². The van der Waals surface area contributed by atoms with Crippen LogP contribution in [0.2, 0.25) is 0 Å². The molecule has 146 valence electrons. The number of ether oxygens (including phenoxy) is 2. The van der Waals surface area contributed by atoms with E-state index in [4.69, 9.17) is 9.47 Å². The van der Waals surface area contributed by atoms with Crippen molar-refractivity contribution >= 4 is 12.1 Å². The van der Waals surface area contributed by atoms with Crippen LogP contribution < -0.4 is 5.32 Å². The van der Waals surface area contributed by atoms with E-state index >= 15 is 0 Å². The largest absolute Gasteiger partial charge is 0.467 e. The van der Waals surface area contributed by atoms with E-state index in [9.17, 15) is 14.9 Å². The molecule has 0 saturated carbocycles. The number of nitrogens with one attached hydrogen (secondary N) is 1. The third kappa shape index (κ3) is 5.85. The van der Waals surface area contributed by atoms with Crippen molar-refractivity contribution < 1.29 is 19.1 Å². The van der Waals surface area contributed by atoms with Crippen molar-refractivity contribution in [3.63, 3.8) is 0 Å². The van der Waals surface area contributed by atoms with Crippen molar-refractivity contribution in [2.24, 2.45) is 0 Å².